The Balaban J connectivity index is 2.17. The molecule has 1 fully saturated rings. The van der Waals surface area contributed by atoms with Gasteiger partial charge in [-0.05, 0) is 30.9 Å². The number of rotatable bonds is 2. The highest BCUT2D eigenvalue weighted by atomic mass is 16.2. The first-order chi connectivity index (χ1) is 7.31. The molecule has 80 valence electrons. The number of aromatic nitrogens is 1. The Kier molecular flexibility index (Phi) is 2.99. The van der Waals surface area contributed by atoms with Crippen molar-refractivity contribution in [3.05, 3.63) is 29.6 Å². The SMILES string of the molecule is CCc1cncc(C(=O)N2CCCC2)c1. The predicted octanol–water partition coefficient (Wildman–Crippen LogP) is 1.88. The Bertz CT molecular complexity index is 356. The molecule has 1 aliphatic rings. The molecule has 0 spiro atoms. The number of carbonyl (C=O) groups is 1. The fourth-order valence-corrected chi connectivity index (χ4v) is 1.90. The van der Waals surface area contributed by atoms with Gasteiger partial charge in [0.15, 0.2) is 0 Å². The van der Waals surface area contributed by atoms with Crippen molar-refractivity contribution < 1.29 is 4.79 Å². The third-order valence-electron chi connectivity index (χ3n) is 2.84. The first-order valence-corrected chi connectivity index (χ1v) is 5.54. The fraction of sp³-hybridized carbons (Fsp3) is 0.500. The van der Waals surface area contributed by atoms with Crippen LogP contribution in [0.5, 0.6) is 0 Å². The second-order valence-electron chi connectivity index (χ2n) is 3.93. The van der Waals surface area contributed by atoms with Crippen molar-refractivity contribution in [1.82, 2.24) is 9.88 Å². The predicted molar refractivity (Wildman–Crippen MR) is 58.8 cm³/mol. The van der Waals surface area contributed by atoms with Crippen LogP contribution in [-0.2, 0) is 6.42 Å². The van der Waals surface area contributed by atoms with E-state index in [0.29, 0.717) is 0 Å². The molecule has 0 radical (unpaired) electrons. The van der Waals surface area contributed by atoms with Crippen molar-refractivity contribution >= 4 is 5.91 Å². The zero-order valence-electron chi connectivity index (χ0n) is 9.07. The molecule has 1 saturated heterocycles. The molecule has 0 aromatic carbocycles. The van der Waals surface area contributed by atoms with Gasteiger partial charge in [0.25, 0.3) is 5.91 Å². The van der Waals surface area contributed by atoms with Gasteiger partial charge in [-0.15, -0.1) is 0 Å². The largest absolute Gasteiger partial charge is 0.339 e. The zero-order chi connectivity index (χ0) is 10.7. The molecule has 1 aromatic rings. The normalized spacial score (nSPS) is 15.7. The average Bonchev–Trinajstić information content (AvgIpc) is 2.81. The lowest BCUT2D eigenvalue weighted by atomic mass is 10.1. The third kappa shape index (κ3) is 2.17. The van der Waals surface area contributed by atoms with Crippen LogP contribution in [0.1, 0.15) is 35.7 Å². The Morgan fingerprint density at radius 1 is 1.40 bits per heavy atom. The quantitative estimate of drug-likeness (QED) is 0.737. The van der Waals surface area contributed by atoms with E-state index in [1.807, 2.05) is 17.2 Å². The second-order valence-corrected chi connectivity index (χ2v) is 3.93. The van der Waals surface area contributed by atoms with Gasteiger partial charge >= 0.3 is 0 Å². The maximum absolute atomic E-state index is 12.0. The summed E-state index contributed by atoms with van der Waals surface area (Å²) in [6.07, 6.45) is 6.67. The average molecular weight is 204 g/mol. The Labute approximate surface area is 90.1 Å². The smallest absolute Gasteiger partial charge is 0.255 e. The summed E-state index contributed by atoms with van der Waals surface area (Å²) in [7, 11) is 0. The van der Waals surface area contributed by atoms with Gasteiger partial charge in [-0.3, -0.25) is 9.78 Å². The number of carbonyl (C=O) groups excluding carboxylic acids is 1. The summed E-state index contributed by atoms with van der Waals surface area (Å²) in [4.78, 5) is 18.0. The molecule has 3 nitrogen and oxygen atoms in total. The van der Waals surface area contributed by atoms with Crippen LogP contribution in [0.4, 0.5) is 0 Å². The molecular weight excluding hydrogens is 188 g/mol. The molecule has 2 rings (SSSR count). The molecule has 3 heteroatoms. The van der Waals surface area contributed by atoms with E-state index in [-0.39, 0.29) is 5.91 Å². The zero-order valence-corrected chi connectivity index (χ0v) is 9.07. The number of amides is 1. The van der Waals surface area contributed by atoms with Crippen LogP contribution in [0, 0.1) is 0 Å². The molecule has 0 N–H and O–H groups in total. The van der Waals surface area contributed by atoms with Gasteiger partial charge < -0.3 is 4.90 Å². The van der Waals surface area contributed by atoms with Crippen LogP contribution in [0.2, 0.25) is 0 Å². The van der Waals surface area contributed by atoms with Gasteiger partial charge in [0, 0.05) is 25.5 Å². The van der Waals surface area contributed by atoms with Crippen LogP contribution < -0.4 is 0 Å². The number of hydrogen-bond donors (Lipinski definition) is 0. The van der Waals surface area contributed by atoms with Crippen molar-refractivity contribution in [2.24, 2.45) is 0 Å². The van der Waals surface area contributed by atoms with Gasteiger partial charge in [-0.25, -0.2) is 0 Å². The minimum Gasteiger partial charge on any atom is -0.339 e. The van der Waals surface area contributed by atoms with Gasteiger partial charge in [0.05, 0.1) is 5.56 Å². The molecule has 15 heavy (non-hydrogen) atoms. The minimum atomic E-state index is 0.135. The van der Waals surface area contributed by atoms with Gasteiger partial charge in [-0.2, -0.15) is 0 Å². The molecule has 1 amide bonds. The molecule has 1 aromatic heterocycles. The summed E-state index contributed by atoms with van der Waals surface area (Å²) in [5, 5.41) is 0. The van der Waals surface area contributed by atoms with Crippen LogP contribution in [-0.4, -0.2) is 28.9 Å². The lowest BCUT2D eigenvalue weighted by Gasteiger charge is -2.15. The summed E-state index contributed by atoms with van der Waals surface area (Å²) in [6.45, 7) is 3.87. The van der Waals surface area contributed by atoms with Gasteiger partial charge in [0.1, 0.15) is 0 Å². The minimum absolute atomic E-state index is 0.135. The highest BCUT2D eigenvalue weighted by molar-refractivity contribution is 5.94. The number of aryl methyl sites for hydroxylation is 1. The van der Waals surface area contributed by atoms with E-state index in [1.54, 1.807) is 6.20 Å². The highest BCUT2D eigenvalue weighted by Gasteiger charge is 2.19. The number of likely N-dealkylation sites (tertiary alicyclic amines) is 1. The van der Waals surface area contributed by atoms with Crippen molar-refractivity contribution in [3.63, 3.8) is 0 Å². The van der Waals surface area contributed by atoms with Crippen molar-refractivity contribution in [2.75, 3.05) is 13.1 Å². The third-order valence-corrected chi connectivity index (χ3v) is 2.84. The topological polar surface area (TPSA) is 33.2 Å². The molecular formula is C12H16N2O. The van der Waals surface area contributed by atoms with E-state index < -0.39 is 0 Å². The maximum atomic E-state index is 12.0. The Morgan fingerprint density at radius 3 is 2.80 bits per heavy atom. The first kappa shape index (κ1) is 10.1. The van der Waals surface area contributed by atoms with E-state index >= 15 is 0 Å². The molecule has 0 aliphatic carbocycles. The summed E-state index contributed by atoms with van der Waals surface area (Å²) in [5.74, 6) is 0.135. The Hall–Kier alpha value is -1.38. The molecule has 0 unspecified atom stereocenters. The van der Waals surface area contributed by atoms with Crippen LogP contribution in [0.25, 0.3) is 0 Å². The highest BCUT2D eigenvalue weighted by Crippen LogP contribution is 2.13. The van der Waals surface area contributed by atoms with Gasteiger partial charge in [0.2, 0.25) is 0 Å². The Morgan fingerprint density at radius 2 is 2.13 bits per heavy atom. The van der Waals surface area contributed by atoms with E-state index in [2.05, 4.69) is 11.9 Å². The molecule has 1 aliphatic heterocycles. The molecule has 0 bridgehead atoms. The summed E-state index contributed by atoms with van der Waals surface area (Å²) in [5.41, 5.74) is 1.86. The van der Waals surface area contributed by atoms with Crippen LogP contribution >= 0.6 is 0 Å². The van der Waals surface area contributed by atoms with Gasteiger partial charge in [-0.1, -0.05) is 6.92 Å². The summed E-state index contributed by atoms with van der Waals surface area (Å²) >= 11 is 0. The number of nitrogens with zero attached hydrogens (tertiary/aromatic N) is 2. The lowest BCUT2D eigenvalue weighted by Crippen LogP contribution is -2.27. The van der Waals surface area contributed by atoms with E-state index in [1.165, 1.54) is 0 Å². The summed E-state index contributed by atoms with van der Waals surface area (Å²) < 4.78 is 0. The molecule has 0 atom stereocenters. The first-order valence-electron chi connectivity index (χ1n) is 5.54. The van der Waals surface area contributed by atoms with E-state index in [9.17, 15) is 4.79 Å². The number of hydrogen-bond acceptors (Lipinski definition) is 2. The lowest BCUT2D eigenvalue weighted by molar-refractivity contribution is 0.0792. The van der Waals surface area contributed by atoms with Crippen LogP contribution in [0.3, 0.4) is 0 Å². The number of pyridine rings is 1. The fourth-order valence-electron chi connectivity index (χ4n) is 1.90. The van der Waals surface area contributed by atoms with Crippen molar-refractivity contribution in [1.29, 1.82) is 0 Å². The van der Waals surface area contributed by atoms with Crippen LogP contribution in [0.15, 0.2) is 18.5 Å². The van der Waals surface area contributed by atoms with E-state index in [4.69, 9.17) is 0 Å². The van der Waals surface area contributed by atoms with E-state index in [0.717, 1.165) is 43.5 Å². The maximum Gasteiger partial charge on any atom is 0.255 e. The van der Waals surface area contributed by atoms with Crippen molar-refractivity contribution in [3.8, 4) is 0 Å². The summed E-state index contributed by atoms with van der Waals surface area (Å²) in [6, 6.07) is 1.95. The van der Waals surface area contributed by atoms with Crippen molar-refractivity contribution in [2.45, 2.75) is 26.2 Å². The monoisotopic (exact) mass is 204 g/mol. The second kappa shape index (κ2) is 4.43. The standard InChI is InChI=1S/C12H16N2O/c1-2-10-7-11(9-13-8-10)12(15)14-5-3-4-6-14/h7-9H,2-6H2,1H3. The molecule has 2 heterocycles. The molecule has 0 saturated carbocycles.